The van der Waals surface area contributed by atoms with E-state index in [1.807, 2.05) is 49.4 Å². The van der Waals surface area contributed by atoms with Crippen molar-refractivity contribution in [3.63, 3.8) is 0 Å². The van der Waals surface area contributed by atoms with E-state index in [1.165, 1.54) is 31.9 Å². The standard InChI is InChI=1S/C23H28N2O2/c1-17(20-13-7-8-14-21(20)25-15-9-4-10-16-25)24-23(27)22(18(2)26)19-11-5-3-6-12-19/h3,5-8,11-14,17,22H,4,9-10,15-16H2,1-2H3,(H,24,27). The maximum atomic E-state index is 12.9. The highest BCUT2D eigenvalue weighted by Crippen LogP contribution is 2.29. The molecule has 1 N–H and O–H groups in total. The number of amides is 1. The molecule has 1 aliphatic heterocycles. The quantitative estimate of drug-likeness (QED) is 0.781. The minimum atomic E-state index is -0.768. The summed E-state index contributed by atoms with van der Waals surface area (Å²) in [6.45, 7) is 5.57. The molecule has 2 aromatic carbocycles. The van der Waals surface area contributed by atoms with Crippen LogP contribution in [0.2, 0.25) is 0 Å². The zero-order valence-corrected chi connectivity index (χ0v) is 16.2. The van der Waals surface area contributed by atoms with Gasteiger partial charge in [-0.25, -0.2) is 0 Å². The van der Waals surface area contributed by atoms with Gasteiger partial charge in [0.25, 0.3) is 0 Å². The van der Waals surface area contributed by atoms with Gasteiger partial charge < -0.3 is 10.2 Å². The number of piperidine rings is 1. The lowest BCUT2D eigenvalue weighted by Crippen LogP contribution is -2.36. The number of carbonyl (C=O) groups is 2. The summed E-state index contributed by atoms with van der Waals surface area (Å²) in [4.78, 5) is 27.5. The van der Waals surface area contributed by atoms with Crippen LogP contribution in [0.4, 0.5) is 5.69 Å². The highest BCUT2D eigenvalue weighted by molar-refractivity contribution is 6.05. The lowest BCUT2D eigenvalue weighted by Gasteiger charge is -2.32. The number of hydrogen-bond acceptors (Lipinski definition) is 3. The number of nitrogens with zero attached hydrogens (tertiary/aromatic N) is 1. The molecule has 2 aromatic rings. The fraction of sp³-hybridized carbons (Fsp3) is 0.391. The first-order chi connectivity index (χ1) is 13.1. The summed E-state index contributed by atoms with van der Waals surface area (Å²) in [6, 6.07) is 17.3. The number of rotatable bonds is 6. The van der Waals surface area contributed by atoms with Crippen molar-refractivity contribution < 1.29 is 9.59 Å². The van der Waals surface area contributed by atoms with Crippen LogP contribution in [0.1, 0.15) is 56.2 Å². The van der Waals surface area contributed by atoms with Crippen molar-refractivity contribution in [1.29, 1.82) is 0 Å². The summed E-state index contributed by atoms with van der Waals surface area (Å²) in [5.41, 5.74) is 3.02. The molecule has 0 aliphatic carbocycles. The second-order valence-electron chi connectivity index (χ2n) is 7.29. The van der Waals surface area contributed by atoms with E-state index in [2.05, 4.69) is 22.3 Å². The summed E-state index contributed by atoms with van der Waals surface area (Å²) in [5.74, 6) is -1.15. The average Bonchev–Trinajstić information content (AvgIpc) is 2.69. The van der Waals surface area contributed by atoms with Crippen LogP contribution in [0.25, 0.3) is 0 Å². The highest BCUT2D eigenvalue weighted by atomic mass is 16.2. The number of ketones is 1. The van der Waals surface area contributed by atoms with Crippen LogP contribution in [0.15, 0.2) is 54.6 Å². The fourth-order valence-electron chi connectivity index (χ4n) is 3.87. The Labute approximate surface area is 161 Å². The molecular weight excluding hydrogens is 336 g/mol. The SMILES string of the molecule is CC(=O)C(C(=O)NC(C)c1ccccc1N1CCCCC1)c1ccccc1. The molecule has 0 bridgehead atoms. The van der Waals surface area contributed by atoms with Gasteiger partial charge in [-0.2, -0.15) is 0 Å². The molecular formula is C23H28N2O2. The lowest BCUT2D eigenvalue weighted by atomic mass is 9.93. The maximum absolute atomic E-state index is 12.9. The van der Waals surface area contributed by atoms with Crippen LogP contribution in [-0.4, -0.2) is 24.8 Å². The van der Waals surface area contributed by atoms with Gasteiger partial charge in [-0.3, -0.25) is 9.59 Å². The topological polar surface area (TPSA) is 49.4 Å². The number of nitrogens with one attached hydrogen (secondary N) is 1. The number of benzene rings is 2. The largest absolute Gasteiger partial charge is 0.371 e. The number of anilines is 1. The molecule has 0 aromatic heterocycles. The van der Waals surface area contributed by atoms with Crippen LogP contribution in [0, 0.1) is 0 Å². The molecule has 0 saturated carbocycles. The van der Waals surface area contributed by atoms with Gasteiger partial charge in [-0.15, -0.1) is 0 Å². The van der Waals surface area contributed by atoms with Gasteiger partial charge in [0.2, 0.25) is 5.91 Å². The van der Waals surface area contributed by atoms with Gasteiger partial charge in [-0.05, 0) is 50.3 Å². The van der Waals surface area contributed by atoms with E-state index in [-0.39, 0.29) is 17.7 Å². The Morgan fingerprint density at radius 1 is 0.926 bits per heavy atom. The number of hydrogen-bond donors (Lipinski definition) is 1. The summed E-state index contributed by atoms with van der Waals surface area (Å²) >= 11 is 0. The molecule has 1 heterocycles. The van der Waals surface area contributed by atoms with E-state index in [1.54, 1.807) is 0 Å². The monoisotopic (exact) mass is 364 g/mol. The molecule has 27 heavy (non-hydrogen) atoms. The molecule has 4 nitrogen and oxygen atoms in total. The zero-order valence-electron chi connectivity index (χ0n) is 16.2. The highest BCUT2D eigenvalue weighted by Gasteiger charge is 2.27. The Morgan fingerprint density at radius 2 is 1.56 bits per heavy atom. The third kappa shape index (κ3) is 4.57. The first-order valence-electron chi connectivity index (χ1n) is 9.77. The summed E-state index contributed by atoms with van der Waals surface area (Å²) in [6.07, 6.45) is 3.69. The fourth-order valence-corrected chi connectivity index (χ4v) is 3.87. The summed E-state index contributed by atoms with van der Waals surface area (Å²) in [7, 11) is 0. The van der Waals surface area contributed by atoms with Gasteiger partial charge in [0, 0.05) is 18.8 Å². The van der Waals surface area contributed by atoms with Gasteiger partial charge in [0.05, 0.1) is 6.04 Å². The molecule has 142 valence electrons. The predicted molar refractivity (Wildman–Crippen MR) is 109 cm³/mol. The number of carbonyl (C=O) groups excluding carboxylic acids is 2. The van der Waals surface area contributed by atoms with E-state index >= 15 is 0 Å². The number of para-hydroxylation sites is 1. The molecule has 1 fully saturated rings. The Hall–Kier alpha value is -2.62. The van der Waals surface area contributed by atoms with Crippen molar-refractivity contribution >= 4 is 17.4 Å². The maximum Gasteiger partial charge on any atom is 0.235 e. The van der Waals surface area contributed by atoms with Crippen LogP contribution >= 0.6 is 0 Å². The van der Waals surface area contributed by atoms with Crippen molar-refractivity contribution in [2.24, 2.45) is 0 Å². The molecule has 1 amide bonds. The Bertz CT molecular complexity index is 782. The van der Waals surface area contributed by atoms with Crippen molar-refractivity contribution in [2.45, 2.75) is 45.1 Å². The van der Waals surface area contributed by atoms with Crippen LogP contribution < -0.4 is 10.2 Å². The second kappa shape index (κ2) is 8.85. The molecule has 4 heteroatoms. The lowest BCUT2D eigenvalue weighted by molar-refractivity contribution is -0.129. The first-order valence-corrected chi connectivity index (χ1v) is 9.77. The van der Waals surface area contributed by atoms with Gasteiger partial charge in [0.15, 0.2) is 0 Å². The predicted octanol–water partition coefficient (Wildman–Crippen LogP) is 4.23. The van der Waals surface area contributed by atoms with Crippen LogP contribution in [0.5, 0.6) is 0 Å². The van der Waals surface area contributed by atoms with Crippen molar-refractivity contribution in [2.75, 3.05) is 18.0 Å². The van der Waals surface area contributed by atoms with Crippen LogP contribution in [0.3, 0.4) is 0 Å². The second-order valence-corrected chi connectivity index (χ2v) is 7.29. The molecule has 0 radical (unpaired) electrons. The zero-order chi connectivity index (χ0) is 19.2. The Balaban J connectivity index is 1.79. The van der Waals surface area contributed by atoms with E-state index in [4.69, 9.17) is 0 Å². The Morgan fingerprint density at radius 3 is 2.22 bits per heavy atom. The smallest absolute Gasteiger partial charge is 0.235 e. The summed E-state index contributed by atoms with van der Waals surface area (Å²) < 4.78 is 0. The van der Waals surface area contributed by atoms with Crippen LogP contribution in [-0.2, 0) is 9.59 Å². The molecule has 1 saturated heterocycles. The van der Waals surface area contributed by atoms with Gasteiger partial charge >= 0.3 is 0 Å². The Kier molecular flexibility index (Phi) is 6.28. The van der Waals surface area contributed by atoms with Crippen molar-refractivity contribution in [3.8, 4) is 0 Å². The molecule has 2 unspecified atom stereocenters. The molecule has 1 aliphatic rings. The van der Waals surface area contributed by atoms with Crippen molar-refractivity contribution in [3.05, 3.63) is 65.7 Å². The average molecular weight is 364 g/mol. The minimum absolute atomic E-state index is 0.143. The number of Topliss-reactive ketones (excluding diaryl/α,β-unsaturated/α-hetero) is 1. The van der Waals surface area contributed by atoms with E-state index in [0.717, 1.165) is 24.2 Å². The van der Waals surface area contributed by atoms with E-state index in [0.29, 0.717) is 0 Å². The first kappa shape index (κ1) is 19.2. The van der Waals surface area contributed by atoms with Crippen molar-refractivity contribution in [1.82, 2.24) is 5.32 Å². The van der Waals surface area contributed by atoms with Gasteiger partial charge in [-0.1, -0.05) is 48.5 Å². The summed E-state index contributed by atoms with van der Waals surface area (Å²) in [5, 5.41) is 3.07. The molecule has 3 rings (SSSR count). The molecule has 2 atom stereocenters. The minimum Gasteiger partial charge on any atom is -0.371 e. The third-order valence-electron chi connectivity index (χ3n) is 5.26. The third-order valence-corrected chi connectivity index (χ3v) is 5.26. The van der Waals surface area contributed by atoms with Gasteiger partial charge in [0.1, 0.15) is 11.7 Å². The van der Waals surface area contributed by atoms with E-state index < -0.39 is 5.92 Å². The molecule has 0 spiro atoms. The van der Waals surface area contributed by atoms with E-state index in [9.17, 15) is 9.59 Å². The normalized spacial score (nSPS) is 16.4.